The van der Waals surface area contributed by atoms with Gasteiger partial charge in [0, 0.05) is 26.2 Å². The maximum absolute atomic E-state index is 11.8. The van der Waals surface area contributed by atoms with Crippen molar-refractivity contribution in [3.8, 4) is 0 Å². The first kappa shape index (κ1) is 14.5. The summed E-state index contributed by atoms with van der Waals surface area (Å²) in [5.74, 6) is 0.249. The zero-order chi connectivity index (χ0) is 12.7. The zero-order valence-corrected chi connectivity index (χ0v) is 11.1. The third kappa shape index (κ3) is 5.04. The Bertz CT molecular complexity index is 240. The Kier molecular flexibility index (Phi) is 5.92. The molecule has 1 fully saturated rings. The van der Waals surface area contributed by atoms with Gasteiger partial charge in [-0.3, -0.25) is 4.79 Å². The number of nitrogens with one attached hydrogen (secondary N) is 1. The quantitative estimate of drug-likeness (QED) is 0.640. The average Bonchev–Trinajstić information content (AvgIpc) is 3.11. The number of rotatable bonds is 9. The number of hydrogen-bond acceptors (Lipinski definition) is 3. The predicted molar refractivity (Wildman–Crippen MR) is 68.6 cm³/mol. The molecule has 0 heterocycles. The highest BCUT2D eigenvalue weighted by Gasteiger charge is 2.42. The van der Waals surface area contributed by atoms with Gasteiger partial charge >= 0.3 is 0 Å². The molecule has 1 aliphatic rings. The lowest BCUT2D eigenvalue weighted by Crippen LogP contribution is -2.34. The van der Waals surface area contributed by atoms with Crippen LogP contribution < -0.4 is 11.1 Å². The third-order valence-corrected chi connectivity index (χ3v) is 3.72. The highest BCUT2D eigenvalue weighted by atomic mass is 16.5. The first-order chi connectivity index (χ1) is 8.13. The average molecular weight is 242 g/mol. The topological polar surface area (TPSA) is 64.3 Å². The van der Waals surface area contributed by atoms with E-state index in [4.69, 9.17) is 10.5 Å². The highest BCUT2D eigenvalue weighted by molar-refractivity contribution is 5.78. The molecule has 4 nitrogen and oxygen atoms in total. The van der Waals surface area contributed by atoms with E-state index in [1.54, 1.807) is 7.11 Å². The largest absolute Gasteiger partial charge is 0.385 e. The van der Waals surface area contributed by atoms with Crippen molar-refractivity contribution in [2.45, 2.75) is 39.0 Å². The standard InChI is InChI=1S/C13H26N2O2/c1-11(4-3-8-14)12(16)15-10-13(5-6-13)7-9-17-2/h11H,3-10,14H2,1-2H3,(H,15,16). The van der Waals surface area contributed by atoms with Crippen LogP contribution in [0, 0.1) is 11.3 Å². The molecule has 0 saturated heterocycles. The van der Waals surface area contributed by atoms with Gasteiger partial charge in [0.25, 0.3) is 0 Å². The van der Waals surface area contributed by atoms with E-state index in [1.807, 2.05) is 6.92 Å². The second kappa shape index (κ2) is 6.97. The molecule has 1 unspecified atom stereocenters. The van der Waals surface area contributed by atoms with E-state index in [1.165, 1.54) is 12.8 Å². The van der Waals surface area contributed by atoms with Crippen LogP contribution in [0.4, 0.5) is 0 Å². The predicted octanol–water partition coefficient (Wildman–Crippen LogP) is 1.29. The fourth-order valence-electron chi connectivity index (χ4n) is 2.01. The molecular formula is C13H26N2O2. The zero-order valence-electron chi connectivity index (χ0n) is 11.1. The molecule has 1 saturated carbocycles. The second-order valence-electron chi connectivity index (χ2n) is 5.29. The van der Waals surface area contributed by atoms with Crippen molar-refractivity contribution in [1.82, 2.24) is 5.32 Å². The second-order valence-corrected chi connectivity index (χ2v) is 5.29. The molecule has 0 aromatic rings. The van der Waals surface area contributed by atoms with Gasteiger partial charge in [0.1, 0.15) is 0 Å². The van der Waals surface area contributed by atoms with E-state index in [-0.39, 0.29) is 11.8 Å². The normalized spacial score (nSPS) is 18.8. The van der Waals surface area contributed by atoms with Crippen LogP contribution in [0.25, 0.3) is 0 Å². The Morgan fingerprint density at radius 1 is 1.53 bits per heavy atom. The van der Waals surface area contributed by atoms with Gasteiger partial charge in [0.05, 0.1) is 0 Å². The summed E-state index contributed by atoms with van der Waals surface area (Å²) < 4.78 is 5.10. The molecule has 0 aromatic carbocycles. The van der Waals surface area contributed by atoms with Gasteiger partial charge in [-0.2, -0.15) is 0 Å². The summed E-state index contributed by atoms with van der Waals surface area (Å²) in [5, 5.41) is 3.07. The molecule has 0 aliphatic heterocycles. The fraction of sp³-hybridized carbons (Fsp3) is 0.923. The first-order valence-electron chi connectivity index (χ1n) is 6.60. The number of carbonyl (C=O) groups is 1. The lowest BCUT2D eigenvalue weighted by atomic mass is 10.0. The molecule has 0 radical (unpaired) electrons. The minimum atomic E-state index is 0.0803. The van der Waals surface area contributed by atoms with Crippen LogP contribution in [0.1, 0.15) is 39.0 Å². The van der Waals surface area contributed by atoms with Crippen LogP contribution in [-0.2, 0) is 9.53 Å². The van der Waals surface area contributed by atoms with Crippen LogP contribution in [-0.4, -0.2) is 32.7 Å². The van der Waals surface area contributed by atoms with Crippen molar-refractivity contribution in [3.05, 3.63) is 0 Å². The fourth-order valence-corrected chi connectivity index (χ4v) is 2.01. The summed E-state index contributed by atoms with van der Waals surface area (Å²) in [4.78, 5) is 11.8. The van der Waals surface area contributed by atoms with E-state index < -0.39 is 0 Å². The molecule has 0 bridgehead atoms. The molecule has 1 rings (SSSR count). The molecule has 1 amide bonds. The maximum atomic E-state index is 11.8. The van der Waals surface area contributed by atoms with Crippen molar-refractivity contribution in [1.29, 1.82) is 0 Å². The molecular weight excluding hydrogens is 216 g/mol. The maximum Gasteiger partial charge on any atom is 0.222 e. The monoisotopic (exact) mass is 242 g/mol. The summed E-state index contributed by atoms with van der Waals surface area (Å²) >= 11 is 0. The van der Waals surface area contributed by atoms with Gasteiger partial charge in [-0.05, 0) is 44.1 Å². The van der Waals surface area contributed by atoms with Gasteiger partial charge in [-0.1, -0.05) is 6.92 Å². The summed E-state index contributed by atoms with van der Waals surface area (Å²) in [6, 6.07) is 0. The Labute approximate surface area is 104 Å². The summed E-state index contributed by atoms with van der Waals surface area (Å²) in [7, 11) is 1.73. The van der Waals surface area contributed by atoms with Crippen LogP contribution >= 0.6 is 0 Å². The summed E-state index contributed by atoms with van der Waals surface area (Å²) in [6.45, 7) is 4.23. The van der Waals surface area contributed by atoms with Crippen LogP contribution in [0.3, 0.4) is 0 Å². The van der Waals surface area contributed by atoms with Crippen molar-refractivity contribution in [2.75, 3.05) is 26.8 Å². The van der Waals surface area contributed by atoms with Crippen LogP contribution in [0.2, 0.25) is 0 Å². The molecule has 100 valence electrons. The number of amides is 1. The van der Waals surface area contributed by atoms with Crippen molar-refractivity contribution in [3.63, 3.8) is 0 Å². The van der Waals surface area contributed by atoms with Crippen LogP contribution in [0.15, 0.2) is 0 Å². The molecule has 3 N–H and O–H groups in total. The molecule has 1 atom stereocenters. The van der Waals surface area contributed by atoms with Gasteiger partial charge in [-0.25, -0.2) is 0 Å². The van der Waals surface area contributed by atoms with Crippen molar-refractivity contribution < 1.29 is 9.53 Å². The Morgan fingerprint density at radius 2 is 2.24 bits per heavy atom. The number of hydrogen-bond donors (Lipinski definition) is 2. The smallest absolute Gasteiger partial charge is 0.222 e. The number of ether oxygens (including phenoxy) is 1. The van der Waals surface area contributed by atoms with Gasteiger partial charge < -0.3 is 15.8 Å². The SMILES string of the molecule is COCCC1(CNC(=O)C(C)CCCN)CC1. The van der Waals surface area contributed by atoms with Gasteiger partial charge in [0.2, 0.25) is 5.91 Å². The van der Waals surface area contributed by atoms with Crippen molar-refractivity contribution >= 4 is 5.91 Å². The molecule has 1 aliphatic carbocycles. The number of nitrogens with two attached hydrogens (primary N) is 1. The summed E-state index contributed by atoms with van der Waals surface area (Å²) in [5.41, 5.74) is 5.77. The third-order valence-electron chi connectivity index (χ3n) is 3.72. The Morgan fingerprint density at radius 3 is 2.76 bits per heavy atom. The van der Waals surface area contributed by atoms with Crippen LogP contribution in [0.5, 0.6) is 0 Å². The Balaban J connectivity index is 2.18. The van der Waals surface area contributed by atoms with E-state index >= 15 is 0 Å². The molecule has 17 heavy (non-hydrogen) atoms. The lowest BCUT2D eigenvalue weighted by molar-refractivity contribution is -0.125. The first-order valence-corrected chi connectivity index (χ1v) is 6.60. The Hall–Kier alpha value is -0.610. The molecule has 0 aromatic heterocycles. The van der Waals surface area contributed by atoms with Gasteiger partial charge in [-0.15, -0.1) is 0 Å². The van der Waals surface area contributed by atoms with E-state index in [2.05, 4.69) is 5.32 Å². The lowest BCUT2D eigenvalue weighted by Gasteiger charge is -2.17. The summed E-state index contributed by atoms with van der Waals surface area (Å²) in [6.07, 6.45) is 5.29. The van der Waals surface area contributed by atoms with Crippen molar-refractivity contribution in [2.24, 2.45) is 17.1 Å². The van der Waals surface area contributed by atoms with E-state index in [0.29, 0.717) is 12.0 Å². The number of methoxy groups -OCH3 is 1. The van der Waals surface area contributed by atoms with E-state index in [9.17, 15) is 4.79 Å². The minimum absolute atomic E-state index is 0.0803. The van der Waals surface area contributed by atoms with Gasteiger partial charge in [0.15, 0.2) is 0 Å². The highest BCUT2D eigenvalue weighted by Crippen LogP contribution is 2.48. The molecule has 4 heteroatoms. The number of carbonyl (C=O) groups excluding carboxylic acids is 1. The molecule has 0 spiro atoms. The minimum Gasteiger partial charge on any atom is -0.385 e. The van der Waals surface area contributed by atoms with E-state index in [0.717, 1.165) is 32.4 Å².